The number of hydrogen-bond acceptors (Lipinski definition) is 4. The van der Waals surface area contributed by atoms with Gasteiger partial charge >= 0.3 is 0 Å². The summed E-state index contributed by atoms with van der Waals surface area (Å²) in [5.74, 6) is 0.585. The van der Waals surface area contributed by atoms with Crippen LogP contribution in [0.25, 0.3) is 0 Å². The summed E-state index contributed by atoms with van der Waals surface area (Å²) in [7, 11) is 0. The second-order valence-corrected chi connectivity index (χ2v) is 6.09. The third-order valence-corrected chi connectivity index (χ3v) is 4.39. The maximum absolute atomic E-state index is 12.6. The van der Waals surface area contributed by atoms with Crippen LogP contribution in [0.2, 0.25) is 0 Å². The van der Waals surface area contributed by atoms with E-state index in [0.717, 1.165) is 19.4 Å². The molecule has 0 spiro atoms. The van der Waals surface area contributed by atoms with E-state index >= 15 is 0 Å². The van der Waals surface area contributed by atoms with Gasteiger partial charge in [0, 0.05) is 37.4 Å². The topological polar surface area (TPSA) is 49.9 Å². The third kappa shape index (κ3) is 4.18. The number of para-hydroxylation sites is 1. The summed E-state index contributed by atoms with van der Waals surface area (Å²) in [4.78, 5) is 27.4. The van der Waals surface area contributed by atoms with Crippen molar-refractivity contribution in [2.75, 3.05) is 31.1 Å². The SMILES string of the molecule is C[C@H](Oc1ccc(C=O)cc1)C(=O)N1CCN(c2ccccc2)CC1. The van der Waals surface area contributed by atoms with Crippen molar-refractivity contribution in [1.29, 1.82) is 0 Å². The Balaban J connectivity index is 1.53. The molecule has 2 aromatic carbocycles. The number of amides is 1. The summed E-state index contributed by atoms with van der Waals surface area (Å²) in [6, 6.07) is 17.0. The summed E-state index contributed by atoms with van der Waals surface area (Å²) in [6.07, 6.45) is 0.232. The molecule has 1 amide bonds. The van der Waals surface area contributed by atoms with Gasteiger partial charge in [-0.2, -0.15) is 0 Å². The molecule has 0 unspecified atom stereocenters. The van der Waals surface area contributed by atoms with Gasteiger partial charge in [0.15, 0.2) is 6.10 Å². The summed E-state index contributed by atoms with van der Waals surface area (Å²) in [5, 5.41) is 0. The average Bonchev–Trinajstić information content (AvgIpc) is 2.69. The molecular formula is C20H22N2O3. The highest BCUT2D eigenvalue weighted by Gasteiger charge is 2.26. The van der Waals surface area contributed by atoms with E-state index in [2.05, 4.69) is 17.0 Å². The number of hydrogen-bond donors (Lipinski definition) is 0. The van der Waals surface area contributed by atoms with Gasteiger partial charge in [-0.25, -0.2) is 0 Å². The highest BCUT2D eigenvalue weighted by molar-refractivity contribution is 5.81. The number of carbonyl (C=O) groups is 2. The fourth-order valence-electron chi connectivity index (χ4n) is 2.96. The van der Waals surface area contributed by atoms with Crippen LogP contribution in [0.5, 0.6) is 5.75 Å². The van der Waals surface area contributed by atoms with Crippen LogP contribution >= 0.6 is 0 Å². The van der Waals surface area contributed by atoms with Gasteiger partial charge < -0.3 is 14.5 Å². The Labute approximate surface area is 147 Å². The number of rotatable bonds is 5. The minimum atomic E-state index is -0.551. The molecule has 0 N–H and O–H groups in total. The molecule has 5 heteroatoms. The fourth-order valence-corrected chi connectivity index (χ4v) is 2.96. The first kappa shape index (κ1) is 17.0. The van der Waals surface area contributed by atoms with Gasteiger partial charge in [-0.1, -0.05) is 18.2 Å². The van der Waals surface area contributed by atoms with Crippen molar-refractivity contribution in [3.8, 4) is 5.75 Å². The van der Waals surface area contributed by atoms with E-state index in [0.29, 0.717) is 24.4 Å². The molecule has 0 radical (unpaired) electrons. The van der Waals surface area contributed by atoms with Crippen LogP contribution in [0, 0.1) is 0 Å². The smallest absolute Gasteiger partial charge is 0.263 e. The van der Waals surface area contributed by atoms with E-state index in [-0.39, 0.29) is 5.91 Å². The number of benzene rings is 2. The molecule has 3 rings (SSSR count). The Morgan fingerprint density at radius 2 is 1.64 bits per heavy atom. The van der Waals surface area contributed by atoms with Gasteiger partial charge in [0.25, 0.3) is 5.91 Å². The van der Waals surface area contributed by atoms with Crippen molar-refractivity contribution in [2.24, 2.45) is 0 Å². The van der Waals surface area contributed by atoms with Crippen molar-refractivity contribution < 1.29 is 14.3 Å². The van der Waals surface area contributed by atoms with Gasteiger partial charge in [-0.05, 0) is 43.3 Å². The highest BCUT2D eigenvalue weighted by atomic mass is 16.5. The largest absolute Gasteiger partial charge is 0.481 e. The van der Waals surface area contributed by atoms with Crippen molar-refractivity contribution in [3.05, 3.63) is 60.2 Å². The van der Waals surface area contributed by atoms with E-state index in [9.17, 15) is 9.59 Å². The molecule has 5 nitrogen and oxygen atoms in total. The molecule has 1 aliphatic rings. The Morgan fingerprint density at radius 3 is 2.24 bits per heavy atom. The predicted octanol–water partition coefficient (Wildman–Crippen LogP) is 2.62. The average molecular weight is 338 g/mol. The van der Waals surface area contributed by atoms with Crippen molar-refractivity contribution in [3.63, 3.8) is 0 Å². The minimum Gasteiger partial charge on any atom is -0.481 e. The first-order valence-electron chi connectivity index (χ1n) is 8.48. The Hall–Kier alpha value is -2.82. The summed E-state index contributed by atoms with van der Waals surface area (Å²) in [5.41, 5.74) is 1.78. The third-order valence-electron chi connectivity index (χ3n) is 4.39. The molecule has 0 bridgehead atoms. The lowest BCUT2D eigenvalue weighted by Crippen LogP contribution is -2.52. The lowest BCUT2D eigenvalue weighted by Gasteiger charge is -2.37. The Kier molecular flexibility index (Phi) is 5.33. The predicted molar refractivity (Wildman–Crippen MR) is 97.2 cm³/mol. The first-order chi connectivity index (χ1) is 12.2. The van der Waals surface area contributed by atoms with Crippen molar-refractivity contribution >= 4 is 17.9 Å². The zero-order valence-corrected chi connectivity index (χ0v) is 14.3. The quantitative estimate of drug-likeness (QED) is 0.787. The standard InChI is InChI=1S/C20H22N2O3/c1-16(25-19-9-7-17(15-23)8-10-19)20(24)22-13-11-21(12-14-22)18-5-3-2-4-6-18/h2-10,15-16H,11-14H2,1H3/t16-/m0/s1. The number of carbonyl (C=O) groups excluding carboxylic acids is 2. The van der Waals surface area contributed by atoms with Crippen LogP contribution in [-0.2, 0) is 4.79 Å². The fraction of sp³-hybridized carbons (Fsp3) is 0.300. The minimum absolute atomic E-state index is 0.00724. The monoisotopic (exact) mass is 338 g/mol. The Bertz CT molecular complexity index is 707. The van der Waals surface area contributed by atoms with Crippen LogP contribution in [0.3, 0.4) is 0 Å². The number of anilines is 1. The molecule has 1 heterocycles. The van der Waals surface area contributed by atoms with Crippen LogP contribution in [0.15, 0.2) is 54.6 Å². The van der Waals surface area contributed by atoms with E-state index in [1.807, 2.05) is 23.1 Å². The first-order valence-corrected chi connectivity index (χ1v) is 8.48. The van der Waals surface area contributed by atoms with Crippen molar-refractivity contribution in [2.45, 2.75) is 13.0 Å². The van der Waals surface area contributed by atoms with E-state index in [4.69, 9.17) is 4.74 Å². The normalized spacial score (nSPS) is 15.6. The van der Waals surface area contributed by atoms with Crippen molar-refractivity contribution in [1.82, 2.24) is 4.90 Å². The number of ether oxygens (including phenoxy) is 1. The summed E-state index contributed by atoms with van der Waals surface area (Å²) < 4.78 is 5.72. The summed E-state index contributed by atoms with van der Waals surface area (Å²) in [6.45, 7) is 4.77. The van der Waals surface area contributed by atoms with Gasteiger partial charge in [0.1, 0.15) is 12.0 Å². The number of nitrogens with zero attached hydrogens (tertiary/aromatic N) is 2. The zero-order valence-electron chi connectivity index (χ0n) is 14.3. The molecular weight excluding hydrogens is 316 g/mol. The van der Waals surface area contributed by atoms with Crippen LogP contribution in [0.4, 0.5) is 5.69 Å². The number of aldehydes is 1. The van der Waals surface area contributed by atoms with Crippen LogP contribution < -0.4 is 9.64 Å². The molecule has 1 saturated heterocycles. The molecule has 0 aromatic heterocycles. The highest BCUT2D eigenvalue weighted by Crippen LogP contribution is 2.17. The zero-order chi connectivity index (χ0) is 17.6. The lowest BCUT2D eigenvalue weighted by molar-refractivity contribution is -0.138. The summed E-state index contributed by atoms with van der Waals surface area (Å²) >= 11 is 0. The van der Waals surface area contributed by atoms with Gasteiger partial charge in [0.2, 0.25) is 0 Å². The molecule has 0 aliphatic carbocycles. The molecule has 2 aromatic rings. The molecule has 25 heavy (non-hydrogen) atoms. The van der Waals surface area contributed by atoms with E-state index in [1.54, 1.807) is 31.2 Å². The molecule has 1 fully saturated rings. The molecule has 0 saturated carbocycles. The maximum atomic E-state index is 12.6. The van der Waals surface area contributed by atoms with E-state index < -0.39 is 6.10 Å². The van der Waals surface area contributed by atoms with Crippen LogP contribution in [0.1, 0.15) is 17.3 Å². The van der Waals surface area contributed by atoms with E-state index in [1.165, 1.54) is 5.69 Å². The van der Waals surface area contributed by atoms with Gasteiger partial charge in [-0.3, -0.25) is 9.59 Å². The molecule has 130 valence electrons. The Morgan fingerprint density at radius 1 is 1.00 bits per heavy atom. The van der Waals surface area contributed by atoms with Gasteiger partial charge in [-0.15, -0.1) is 0 Å². The second-order valence-electron chi connectivity index (χ2n) is 6.09. The lowest BCUT2D eigenvalue weighted by atomic mass is 10.2. The maximum Gasteiger partial charge on any atom is 0.263 e. The molecule has 1 atom stereocenters. The second kappa shape index (κ2) is 7.83. The molecule has 1 aliphatic heterocycles. The van der Waals surface area contributed by atoms with Crippen LogP contribution in [-0.4, -0.2) is 49.4 Å². The number of piperazine rings is 1. The van der Waals surface area contributed by atoms with Gasteiger partial charge in [0.05, 0.1) is 0 Å².